The summed E-state index contributed by atoms with van der Waals surface area (Å²) < 4.78 is 23.5. The van der Waals surface area contributed by atoms with E-state index in [0.29, 0.717) is 12.1 Å². The van der Waals surface area contributed by atoms with Crippen LogP contribution < -0.4 is 10.6 Å². The van der Waals surface area contributed by atoms with Gasteiger partial charge in [-0.05, 0) is 43.5 Å². The molecule has 1 fully saturated rings. The summed E-state index contributed by atoms with van der Waals surface area (Å²) in [6.45, 7) is 4.59. The molecular formula is C22H25N3O3S2. The van der Waals surface area contributed by atoms with E-state index in [9.17, 15) is 13.2 Å². The number of fused-ring (bicyclic) bond motifs is 1. The minimum atomic E-state index is -2.97. The lowest BCUT2D eigenvalue weighted by molar-refractivity contribution is 0.0954. The van der Waals surface area contributed by atoms with Crippen LogP contribution in [-0.4, -0.2) is 48.8 Å². The molecule has 2 aliphatic rings. The molecule has 0 saturated carbocycles. The van der Waals surface area contributed by atoms with E-state index in [1.807, 2.05) is 31.2 Å². The Morgan fingerprint density at radius 3 is 2.77 bits per heavy atom. The molecule has 0 unspecified atom stereocenters. The van der Waals surface area contributed by atoms with Gasteiger partial charge in [-0.2, -0.15) is 0 Å². The van der Waals surface area contributed by atoms with E-state index in [1.54, 1.807) is 0 Å². The van der Waals surface area contributed by atoms with Crippen molar-refractivity contribution in [3.05, 3.63) is 64.7 Å². The molecule has 2 heterocycles. The summed E-state index contributed by atoms with van der Waals surface area (Å²) in [6.07, 6.45) is 0.781. The van der Waals surface area contributed by atoms with Crippen LogP contribution in [0, 0.1) is 13.8 Å². The zero-order valence-electron chi connectivity index (χ0n) is 17.0. The minimum Gasteiger partial charge on any atom is -0.352 e. The largest absolute Gasteiger partial charge is 0.352 e. The van der Waals surface area contributed by atoms with Crippen molar-refractivity contribution in [3.8, 4) is 0 Å². The van der Waals surface area contributed by atoms with Crippen LogP contribution in [0.15, 0.2) is 47.5 Å². The molecule has 8 heteroatoms. The molecule has 1 saturated heterocycles. The van der Waals surface area contributed by atoms with Crippen molar-refractivity contribution in [2.45, 2.75) is 31.6 Å². The fraction of sp³-hybridized carbons (Fsp3) is 0.364. The third-order valence-corrected chi connectivity index (χ3v) is 8.48. The average molecular weight is 444 g/mol. The van der Waals surface area contributed by atoms with Crippen LogP contribution in [0.4, 0.5) is 5.69 Å². The summed E-state index contributed by atoms with van der Waals surface area (Å²) in [6, 6.07) is 13.6. The summed E-state index contributed by atoms with van der Waals surface area (Å²) in [5, 5.41) is 6.98. The maximum absolute atomic E-state index is 12.6. The molecule has 0 aliphatic carbocycles. The number of hydrogen-bond acceptors (Lipinski definition) is 6. The number of sulfone groups is 1. The molecule has 1 amide bonds. The molecular weight excluding hydrogens is 418 g/mol. The predicted molar refractivity (Wildman–Crippen MR) is 123 cm³/mol. The van der Waals surface area contributed by atoms with Crippen molar-refractivity contribution in [3.63, 3.8) is 0 Å². The molecule has 4 rings (SSSR count). The van der Waals surface area contributed by atoms with Crippen molar-refractivity contribution in [2.24, 2.45) is 4.99 Å². The number of amidine groups is 1. The summed E-state index contributed by atoms with van der Waals surface area (Å²) in [5.41, 5.74) is 4.81. The number of benzene rings is 2. The van der Waals surface area contributed by atoms with Crippen LogP contribution in [0.1, 0.15) is 27.0 Å². The number of amides is 1. The van der Waals surface area contributed by atoms with Crippen molar-refractivity contribution in [1.82, 2.24) is 5.32 Å². The van der Waals surface area contributed by atoms with Gasteiger partial charge in [0.05, 0.1) is 17.5 Å². The minimum absolute atomic E-state index is 0.00842. The topological polar surface area (TPSA) is 87.6 Å². The van der Waals surface area contributed by atoms with Gasteiger partial charge in [-0.3, -0.25) is 9.79 Å². The number of carbonyl (C=O) groups excluding carboxylic acids is 1. The van der Waals surface area contributed by atoms with E-state index in [4.69, 9.17) is 0 Å². The fourth-order valence-electron chi connectivity index (χ4n) is 3.72. The lowest BCUT2D eigenvalue weighted by Crippen LogP contribution is -2.26. The van der Waals surface area contributed by atoms with Crippen LogP contribution in [0.3, 0.4) is 0 Å². The number of anilines is 1. The van der Waals surface area contributed by atoms with Crippen molar-refractivity contribution in [2.75, 3.05) is 23.4 Å². The van der Waals surface area contributed by atoms with Gasteiger partial charge in [0.15, 0.2) is 15.0 Å². The SMILES string of the molecule is Cc1cccc(CCNC(=O)c2ccc(C)c(NC3=N[C@H]4CS(=O)(=O)C[C@H]4S3)c2)c1. The van der Waals surface area contributed by atoms with Gasteiger partial charge in [0.2, 0.25) is 0 Å². The first-order chi connectivity index (χ1) is 14.3. The Hall–Kier alpha value is -2.32. The van der Waals surface area contributed by atoms with E-state index in [-0.39, 0.29) is 28.7 Å². The lowest BCUT2D eigenvalue weighted by atomic mass is 10.1. The Morgan fingerprint density at radius 1 is 1.17 bits per heavy atom. The van der Waals surface area contributed by atoms with Gasteiger partial charge in [-0.15, -0.1) is 0 Å². The van der Waals surface area contributed by atoms with E-state index in [0.717, 1.165) is 22.8 Å². The molecule has 2 aromatic carbocycles. The molecule has 2 aliphatic heterocycles. The Balaban J connectivity index is 1.38. The Kier molecular flexibility index (Phi) is 5.88. The fourth-order valence-corrected chi connectivity index (χ4v) is 7.39. The molecule has 30 heavy (non-hydrogen) atoms. The van der Waals surface area contributed by atoms with Gasteiger partial charge >= 0.3 is 0 Å². The Morgan fingerprint density at radius 2 is 2.00 bits per heavy atom. The Bertz CT molecular complexity index is 1110. The predicted octanol–water partition coefficient (Wildman–Crippen LogP) is 2.96. The van der Waals surface area contributed by atoms with Gasteiger partial charge in [0, 0.05) is 23.0 Å². The standard InChI is InChI=1S/C22H25N3O3S2/c1-14-4-3-5-16(10-14)8-9-23-21(26)17-7-6-15(2)18(11-17)24-22-25-19-12-30(27,28)13-20(19)29-22/h3-7,10-11,19-20H,8-9,12-13H2,1-2H3,(H,23,26)(H,24,25)/t19-,20+/m0/s1. The molecule has 158 valence electrons. The average Bonchev–Trinajstić information content (AvgIpc) is 3.16. The normalized spacial score (nSPS) is 21.7. The van der Waals surface area contributed by atoms with E-state index in [1.165, 1.54) is 22.9 Å². The molecule has 0 bridgehead atoms. The number of carbonyl (C=O) groups is 1. The van der Waals surface area contributed by atoms with Gasteiger partial charge in [0.25, 0.3) is 5.91 Å². The van der Waals surface area contributed by atoms with Crippen molar-refractivity contribution < 1.29 is 13.2 Å². The van der Waals surface area contributed by atoms with Crippen LogP contribution in [0.2, 0.25) is 0 Å². The number of nitrogens with one attached hydrogen (secondary N) is 2. The molecule has 6 nitrogen and oxygen atoms in total. The number of aryl methyl sites for hydroxylation is 2. The highest BCUT2D eigenvalue weighted by atomic mass is 32.2. The zero-order chi connectivity index (χ0) is 21.3. The van der Waals surface area contributed by atoms with Crippen LogP contribution in [0.5, 0.6) is 0 Å². The molecule has 2 atom stereocenters. The van der Waals surface area contributed by atoms with E-state index < -0.39 is 9.84 Å². The van der Waals surface area contributed by atoms with Gasteiger partial charge < -0.3 is 10.6 Å². The third-order valence-electron chi connectivity index (χ3n) is 5.34. The van der Waals surface area contributed by atoms with Gasteiger partial charge in [0.1, 0.15) is 0 Å². The lowest BCUT2D eigenvalue weighted by Gasteiger charge is -2.12. The van der Waals surface area contributed by atoms with Crippen LogP contribution >= 0.6 is 11.8 Å². The molecule has 0 aromatic heterocycles. The number of hydrogen-bond donors (Lipinski definition) is 2. The maximum atomic E-state index is 12.6. The van der Waals surface area contributed by atoms with Crippen LogP contribution in [0.25, 0.3) is 0 Å². The molecule has 2 aromatic rings. The van der Waals surface area contributed by atoms with Gasteiger partial charge in [-0.25, -0.2) is 8.42 Å². The Labute approximate surface area is 181 Å². The monoisotopic (exact) mass is 443 g/mol. The summed E-state index contributed by atoms with van der Waals surface area (Å²) in [5.74, 6) is 0.187. The first-order valence-electron chi connectivity index (χ1n) is 9.95. The van der Waals surface area contributed by atoms with Crippen molar-refractivity contribution in [1.29, 1.82) is 0 Å². The summed E-state index contributed by atoms with van der Waals surface area (Å²) >= 11 is 1.47. The highest BCUT2D eigenvalue weighted by Crippen LogP contribution is 2.35. The van der Waals surface area contributed by atoms with Crippen molar-refractivity contribution >= 4 is 38.4 Å². The van der Waals surface area contributed by atoms with Gasteiger partial charge in [-0.1, -0.05) is 47.7 Å². The van der Waals surface area contributed by atoms with Crippen LogP contribution in [-0.2, 0) is 16.3 Å². The first-order valence-corrected chi connectivity index (χ1v) is 12.7. The number of aliphatic imine (C=N–C) groups is 1. The molecule has 0 radical (unpaired) electrons. The zero-order valence-corrected chi connectivity index (χ0v) is 18.6. The third kappa shape index (κ3) is 4.87. The summed E-state index contributed by atoms with van der Waals surface area (Å²) in [7, 11) is -2.97. The number of thioether (sulfide) groups is 1. The quantitative estimate of drug-likeness (QED) is 0.742. The smallest absolute Gasteiger partial charge is 0.251 e. The second kappa shape index (κ2) is 8.43. The molecule has 2 N–H and O–H groups in total. The number of rotatable bonds is 5. The first kappa shape index (κ1) is 20.9. The molecule has 0 spiro atoms. The van der Waals surface area contributed by atoms with E-state index >= 15 is 0 Å². The number of nitrogens with zero attached hydrogens (tertiary/aromatic N) is 1. The highest BCUT2D eigenvalue weighted by Gasteiger charge is 2.42. The second-order valence-electron chi connectivity index (χ2n) is 7.88. The summed E-state index contributed by atoms with van der Waals surface area (Å²) in [4.78, 5) is 17.1. The maximum Gasteiger partial charge on any atom is 0.251 e. The second-order valence-corrected chi connectivity index (χ2v) is 11.3. The van der Waals surface area contributed by atoms with E-state index in [2.05, 4.69) is 40.7 Å². The highest BCUT2D eigenvalue weighted by molar-refractivity contribution is 8.15.